The summed E-state index contributed by atoms with van der Waals surface area (Å²) in [4.78, 5) is 9.04. The summed E-state index contributed by atoms with van der Waals surface area (Å²) < 4.78 is 3.79. The second-order valence-electron chi connectivity index (χ2n) is 8.74. The third-order valence-corrected chi connectivity index (χ3v) is 6.18. The number of aromatic amines is 1. The highest BCUT2D eigenvalue weighted by Gasteiger charge is 2.12. The fourth-order valence-corrected chi connectivity index (χ4v) is 4.38. The van der Waals surface area contributed by atoms with E-state index in [-0.39, 0.29) is 0 Å². The molecular formula is C24H29N9. The van der Waals surface area contributed by atoms with Crippen molar-refractivity contribution in [3.8, 4) is 11.4 Å². The molecule has 0 aromatic carbocycles. The van der Waals surface area contributed by atoms with Crippen LogP contribution in [0.2, 0.25) is 0 Å². The van der Waals surface area contributed by atoms with Crippen molar-refractivity contribution in [2.45, 2.75) is 45.6 Å². The first-order valence-electron chi connectivity index (χ1n) is 11.5. The molecule has 1 fully saturated rings. The number of nitrogens with one attached hydrogen (secondary N) is 1. The Balaban J connectivity index is 0.000000243. The number of fused-ring (bicyclic) bond motifs is 2. The number of rotatable bonds is 4. The van der Waals surface area contributed by atoms with Gasteiger partial charge in [0.2, 0.25) is 0 Å². The van der Waals surface area contributed by atoms with Crippen LogP contribution < -0.4 is 5.73 Å². The highest BCUT2D eigenvalue weighted by atomic mass is 15.4. The van der Waals surface area contributed by atoms with Gasteiger partial charge in [0.25, 0.3) is 0 Å². The average Bonchev–Trinajstić information content (AvgIpc) is 3.59. The maximum Gasteiger partial charge on any atom is 0.137 e. The van der Waals surface area contributed by atoms with Crippen LogP contribution in [0.3, 0.4) is 0 Å². The van der Waals surface area contributed by atoms with Crippen molar-refractivity contribution in [3.63, 3.8) is 0 Å². The lowest BCUT2D eigenvalue weighted by Gasteiger charge is -2.18. The van der Waals surface area contributed by atoms with Gasteiger partial charge in [-0.2, -0.15) is 5.10 Å². The molecule has 3 N–H and O–H groups in total. The zero-order valence-corrected chi connectivity index (χ0v) is 18.9. The summed E-state index contributed by atoms with van der Waals surface area (Å²) >= 11 is 0. The number of hydrogen-bond acceptors (Lipinski definition) is 6. The molecule has 1 saturated carbocycles. The standard InChI is InChI=1S/C17H14N8.C7H15N/c1-11-2-3-16-20-12(8-24(16)7-11)9-25-10-15(22-23-25)17-13-6-19-21-14(13)4-5-18-17;8-6-7-4-2-1-3-5-7/h2-8,10H,9H2,1H3,(H,19,21);7H,1-6,8H2. The van der Waals surface area contributed by atoms with E-state index in [2.05, 4.69) is 49.7 Å². The second kappa shape index (κ2) is 9.50. The second-order valence-corrected chi connectivity index (χ2v) is 8.74. The molecule has 0 bridgehead atoms. The molecule has 5 heterocycles. The molecule has 1 aliphatic rings. The molecular weight excluding hydrogens is 414 g/mol. The van der Waals surface area contributed by atoms with Gasteiger partial charge in [-0.1, -0.05) is 30.5 Å². The summed E-state index contributed by atoms with van der Waals surface area (Å²) in [7, 11) is 0. The van der Waals surface area contributed by atoms with Crippen LogP contribution in [0.5, 0.6) is 0 Å². The molecule has 1 aliphatic carbocycles. The van der Waals surface area contributed by atoms with Crippen LogP contribution in [-0.4, -0.2) is 46.1 Å². The number of aromatic nitrogens is 8. The van der Waals surface area contributed by atoms with Gasteiger partial charge in [0.05, 0.1) is 30.1 Å². The number of H-pyrrole nitrogens is 1. The van der Waals surface area contributed by atoms with E-state index >= 15 is 0 Å². The molecule has 0 aliphatic heterocycles. The van der Waals surface area contributed by atoms with Gasteiger partial charge in [-0.3, -0.25) is 10.1 Å². The van der Waals surface area contributed by atoms with Gasteiger partial charge in [-0.05, 0) is 49.9 Å². The number of pyridine rings is 2. The molecule has 5 aromatic heterocycles. The van der Waals surface area contributed by atoms with Gasteiger partial charge >= 0.3 is 0 Å². The van der Waals surface area contributed by atoms with Gasteiger partial charge in [0.1, 0.15) is 17.0 Å². The quantitative estimate of drug-likeness (QED) is 0.437. The van der Waals surface area contributed by atoms with E-state index in [1.54, 1.807) is 17.1 Å². The molecule has 9 heteroatoms. The largest absolute Gasteiger partial charge is 0.330 e. The zero-order valence-electron chi connectivity index (χ0n) is 18.9. The number of nitrogens with two attached hydrogens (primary N) is 1. The molecule has 0 saturated heterocycles. The Morgan fingerprint density at radius 1 is 1.09 bits per heavy atom. The predicted molar refractivity (Wildman–Crippen MR) is 128 cm³/mol. The lowest BCUT2D eigenvalue weighted by molar-refractivity contribution is 0.366. The maximum atomic E-state index is 5.50. The van der Waals surface area contributed by atoms with Crippen molar-refractivity contribution in [1.29, 1.82) is 0 Å². The van der Waals surface area contributed by atoms with Crippen LogP contribution in [-0.2, 0) is 6.54 Å². The predicted octanol–water partition coefficient (Wildman–Crippen LogP) is 3.75. The lowest BCUT2D eigenvalue weighted by atomic mass is 9.90. The highest BCUT2D eigenvalue weighted by Crippen LogP contribution is 2.23. The molecule has 6 rings (SSSR count). The average molecular weight is 444 g/mol. The van der Waals surface area contributed by atoms with Gasteiger partial charge in [-0.25, -0.2) is 9.67 Å². The third-order valence-electron chi connectivity index (χ3n) is 6.18. The fraction of sp³-hybridized carbons (Fsp3) is 0.375. The van der Waals surface area contributed by atoms with Gasteiger partial charge < -0.3 is 10.1 Å². The van der Waals surface area contributed by atoms with Gasteiger partial charge in [0.15, 0.2) is 0 Å². The zero-order chi connectivity index (χ0) is 22.6. The van der Waals surface area contributed by atoms with E-state index < -0.39 is 0 Å². The van der Waals surface area contributed by atoms with E-state index in [1.165, 1.54) is 37.7 Å². The number of aryl methyl sites for hydroxylation is 1. The first-order valence-corrected chi connectivity index (χ1v) is 11.5. The number of imidazole rings is 1. The summed E-state index contributed by atoms with van der Waals surface area (Å²) in [5.41, 5.74) is 11.0. The summed E-state index contributed by atoms with van der Waals surface area (Å²) in [5, 5.41) is 16.4. The van der Waals surface area contributed by atoms with Crippen molar-refractivity contribution in [2.75, 3.05) is 6.54 Å². The number of nitrogens with zero attached hydrogens (tertiary/aromatic N) is 7. The monoisotopic (exact) mass is 443 g/mol. The van der Waals surface area contributed by atoms with Crippen molar-refractivity contribution in [2.24, 2.45) is 11.7 Å². The molecule has 33 heavy (non-hydrogen) atoms. The molecule has 0 spiro atoms. The van der Waals surface area contributed by atoms with Crippen molar-refractivity contribution < 1.29 is 0 Å². The SMILES string of the molecule is Cc1ccc2nc(Cn3cc(-c4nccc5[nH]ncc45)nn3)cn2c1.NCC1CCCCC1. The Labute approximate surface area is 192 Å². The molecule has 170 valence electrons. The minimum Gasteiger partial charge on any atom is -0.330 e. The lowest BCUT2D eigenvalue weighted by Crippen LogP contribution is -2.16. The summed E-state index contributed by atoms with van der Waals surface area (Å²) in [6.07, 6.45) is 16.5. The van der Waals surface area contributed by atoms with E-state index in [1.807, 2.05) is 28.9 Å². The molecule has 0 amide bonds. The van der Waals surface area contributed by atoms with Gasteiger partial charge in [0, 0.05) is 24.0 Å². The minimum atomic E-state index is 0.551. The molecule has 9 nitrogen and oxygen atoms in total. The van der Waals surface area contributed by atoms with E-state index in [0.717, 1.165) is 40.4 Å². The van der Waals surface area contributed by atoms with Crippen LogP contribution in [0, 0.1) is 12.8 Å². The van der Waals surface area contributed by atoms with E-state index in [0.29, 0.717) is 12.2 Å². The molecule has 0 radical (unpaired) electrons. The Morgan fingerprint density at radius 2 is 1.97 bits per heavy atom. The first kappa shape index (κ1) is 21.3. The molecule has 0 unspecified atom stereocenters. The maximum absolute atomic E-state index is 5.50. The van der Waals surface area contributed by atoms with Crippen molar-refractivity contribution in [3.05, 3.63) is 60.4 Å². The van der Waals surface area contributed by atoms with Crippen molar-refractivity contribution >= 4 is 16.6 Å². The number of hydrogen-bond donors (Lipinski definition) is 2. The summed E-state index contributed by atoms with van der Waals surface area (Å²) in [6, 6.07) is 5.95. The van der Waals surface area contributed by atoms with Crippen LogP contribution >= 0.6 is 0 Å². The van der Waals surface area contributed by atoms with Crippen LogP contribution in [0.15, 0.2) is 49.2 Å². The van der Waals surface area contributed by atoms with Crippen molar-refractivity contribution in [1.82, 2.24) is 39.6 Å². The van der Waals surface area contributed by atoms with Crippen LogP contribution in [0.1, 0.15) is 43.4 Å². The van der Waals surface area contributed by atoms with E-state index in [9.17, 15) is 0 Å². The highest BCUT2D eigenvalue weighted by molar-refractivity contribution is 5.90. The minimum absolute atomic E-state index is 0.551. The smallest absolute Gasteiger partial charge is 0.137 e. The Morgan fingerprint density at radius 3 is 2.79 bits per heavy atom. The normalized spacial score (nSPS) is 14.5. The fourth-order valence-electron chi connectivity index (χ4n) is 4.38. The first-order chi connectivity index (χ1) is 16.2. The summed E-state index contributed by atoms with van der Waals surface area (Å²) in [6.45, 7) is 3.53. The summed E-state index contributed by atoms with van der Waals surface area (Å²) in [5.74, 6) is 0.865. The Kier molecular flexibility index (Phi) is 6.12. The van der Waals surface area contributed by atoms with Crippen LogP contribution in [0.4, 0.5) is 0 Å². The topological polar surface area (TPSA) is 116 Å². The molecule has 5 aromatic rings. The Hall–Kier alpha value is -3.59. The van der Waals surface area contributed by atoms with Gasteiger partial charge in [-0.15, -0.1) is 5.10 Å². The Bertz CT molecular complexity index is 1340. The molecule has 0 atom stereocenters. The third kappa shape index (κ3) is 4.78. The van der Waals surface area contributed by atoms with Crippen LogP contribution in [0.25, 0.3) is 27.9 Å². The van der Waals surface area contributed by atoms with E-state index in [4.69, 9.17) is 5.73 Å².